The molecule has 1 saturated heterocycles. The Morgan fingerprint density at radius 3 is 2.83 bits per heavy atom. The first kappa shape index (κ1) is 21.7. The molecule has 0 bridgehead atoms. The van der Waals surface area contributed by atoms with E-state index in [0.717, 1.165) is 31.5 Å². The highest BCUT2D eigenvalue weighted by Gasteiger charge is 2.27. The zero-order valence-corrected chi connectivity index (χ0v) is 14.6. The van der Waals surface area contributed by atoms with Crippen molar-refractivity contribution in [3.8, 4) is 0 Å². The van der Waals surface area contributed by atoms with E-state index in [1.807, 2.05) is 4.90 Å². The molecular formula is C14H25Cl2N5O2. The Morgan fingerprint density at radius 2 is 2.17 bits per heavy atom. The van der Waals surface area contributed by atoms with E-state index in [-0.39, 0.29) is 42.7 Å². The third-order valence-corrected chi connectivity index (χ3v) is 3.75. The average molecular weight is 366 g/mol. The number of carbonyl (C=O) groups excluding carboxylic acids is 2. The first-order valence-corrected chi connectivity index (χ1v) is 7.45. The summed E-state index contributed by atoms with van der Waals surface area (Å²) in [6.07, 6.45) is 5.33. The minimum absolute atomic E-state index is 0. The molecule has 2 heterocycles. The molecule has 0 saturated carbocycles. The molecule has 1 aliphatic heterocycles. The molecule has 1 aromatic heterocycles. The number of halogens is 2. The lowest BCUT2D eigenvalue weighted by Crippen LogP contribution is -2.50. The molecule has 1 unspecified atom stereocenters. The second-order valence-corrected chi connectivity index (χ2v) is 5.34. The fraction of sp³-hybridized carbons (Fsp3) is 0.643. The number of aromatic nitrogens is 2. The van der Waals surface area contributed by atoms with E-state index in [9.17, 15) is 9.59 Å². The van der Waals surface area contributed by atoms with Crippen molar-refractivity contribution in [1.82, 2.24) is 20.4 Å². The van der Waals surface area contributed by atoms with E-state index in [1.54, 1.807) is 12.3 Å². The maximum absolute atomic E-state index is 12.4. The van der Waals surface area contributed by atoms with E-state index < -0.39 is 0 Å². The number of nitrogens with one attached hydrogen (secondary N) is 2. The molecule has 7 nitrogen and oxygen atoms in total. The van der Waals surface area contributed by atoms with Crippen molar-refractivity contribution in [2.75, 3.05) is 19.6 Å². The Bertz CT molecular complexity index is 470. The highest BCUT2D eigenvalue weighted by Crippen LogP contribution is 2.17. The van der Waals surface area contributed by atoms with Gasteiger partial charge in [0.15, 0.2) is 0 Å². The van der Waals surface area contributed by atoms with Gasteiger partial charge in [0.2, 0.25) is 11.8 Å². The molecule has 0 radical (unpaired) electrons. The van der Waals surface area contributed by atoms with Crippen molar-refractivity contribution in [2.45, 2.75) is 38.1 Å². The second kappa shape index (κ2) is 11.3. The van der Waals surface area contributed by atoms with E-state index in [2.05, 4.69) is 15.5 Å². The van der Waals surface area contributed by atoms with Gasteiger partial charge in [-0.1, -0.05) is 0 Å². The van der Waals surface area contributed by atoms with Crippen molar-refractivity contribution in [1.29, 1.82) is 0 Å². The lowest BCUT2D eigenvalue weighted by atomic mass is 10.0. The summed E-state index contributed by atoms with van der Waals surface area (Å²) in [5.74, 6) is 0.0288. The number of nitrogens with zero attached hydrogens (tertiary/aromatic N) is 2. The van der Waals surface area contributed by atoms with Crippen LogP contribution >= 0.6 is 24.8 Å². The summed E-state index contributed by atoms with van der Waals surface area (Å²) in [4.78, 5) is 25.8. The first-order valence-electron chi connectivity index (χ1n) is 7.45. The summed E-state index contributed by atoms with van der Waals surface area (Å²) in [7, 11) is 0. The second-order valence-electron chi connectivity index (χ2n) is 5.34. The van der Waals surface area contributed by atoms with Gasteiger partial charge in [0.25, 0.3) is 0 Å². The minimum atomic E-state index is -0.0518. The van der Waals surface area contributed by atoms with Crippen molar-refractivity contribution in [3.05, 3.63) is 18.0 Å². The van der Waals surface area contributed by atoms with Crippen LogP contribution in [0.2, 0.25) is 0 Å². The number of rotatable bonds is 6. The van der Waals surface area contributed by atoms with Gasteiger partial charge in [-0.2, -0.15) is 5.10 Å². The summed E-state index contributed by atoms with van der Waals surface area (Å²) in [6, 6.07) is 1.88. The molecule has 1 fully saturated rings. The Labute approximate surface area is 148 Å². The third-order valence-electron chi connectivity index (χ3n) is 3.75. The van der Waals surface area contributed by atoms with Gasteiger partial charge in [-0.3, -0.25) is 14.7 Å². The van der Waals surface area contributed by atoms with Crippen LogP contribution in [0.1, 0.15) is 31.4 Å². The van der Waals surface area contributed by atoms with Gasteiger partial charge in [-0.05, 0) is 25.3 Å². The number of nitrogens with two attached hydrogens (primary N) is 1. The van der Waals surface area contributed by atoms with Crippen LogP contribution in [0.15, 0.2) is 12.3 Å². The summed E-state index contributed by atoms with van der Waals surface area (Å²) in [5.41, 5.74) is 6.17. The highest BCUT2D eigenvalue weighted by molar-refractivity contribution is 5.85. The fourth-order valence-electron chi connectivity index (χ4n) is 2.64. The first-order chi connectivity index (χ1) is 10.2. The lowest BCUT2D eigenvalue weighted by Gasteiger charge is -2.36. The number of aromatic amines is 1. The Balaban J connectivity index is 0.00000242. The molecule has 1 aromatic rings. The quantitative estimate of drug-likeness (QED) is 0.687. The largest absolute Gasteiger partial charge is 0.354 e. The van der Waals surface area contributed by atoms with E-state index >= 15 is 0 Å². The van der Waals surface area contributed by atoms with Crippen LogP contribution in [0.3, 0.4) is 0 Å². The van der Waals surface area contributed by atoms with Crippen molar-refractivity contribution in [2.24, 2.45) is 5.73 Å². The number of hydrogen-bond donors (Lipinski definition) is 3. The summed E-state index contributed by atoms with van der Waals surface area (Å²) in [5, 5.41) is 9.53. The molecule has 9 heteroatoms. The molecule has 0 aromatic carbocycles. The Morgan fingerprint density at radius 1 is 1.39 bits per heavy atom. The number of amides is 2. The molecule has 2 rings (SSSR count). The van der Waals surface area contributed by atoms with Crippen LogP contribution < -0.4 is 11.1 Å². The number of piperidine rings is 1. The predicted molar refractivity (Wildman–Crippen MR) is 92.8 cm³/mol. The predicted octanol–water partition coefficient (Wildman–Crippen LogP) is 0.642. The zero-order valence-electron chi connectivity index (χ0n) is 13.0. The van der Waals surface area contributed by atoms with E-state index in [1.165, 1.54) is 0 Å². The normalized spacial score (nSPS) is 16.9. The van der Waals surface area contributed by atoms with Crippen LogP contribution in [0.4, 0.5) is 0 Å². The van der Waals surface area contributed by atoms with Crippen molar-refractivity contribution >= 4 is 36.6 Å². The summed E-state index contributed by atoms with van der Waals surface area (Å²) in [6.45, 7) is 1.61. The van der Waals surface area contributed by atoms with Crippen molar-refractivity contribution in [3.63, 3.8) is 0 Å². The van der Waals surface area contributed by atoms with Gasteiger partial charge in [-0.15, -0.1) is 24.8 Å². The zero-order chi connectivity index (χ0) is 15.1. The molecular weight excluding hydrogens is 341 g/mol. The number of likely N-dealkylation sites (tertiary alicyclic amines) is 1. The molecule has 4 N–H and O–H groups in total. The van der Waals surface area contributed by atoms with Crippen LogP contribution in [0.5, 0.6) is 0 Å². The number of carbonyl (C=O) groups is 2. The van der Waals surface area contributed by atoms with Crippen LogP contribution in [-0.2, 0) is 16.0 Å². The van der Waals surface area contributed by atoms with E-state index in [4.69, 9.17) is 5.73 Å². The van der Waals surface area contributed by atoms with Gasteiger partial charge in [0.1, 0.15) is 0 Å². The maximum atomic E-state index is 12.4. The molecule has 23 heavy (non-hydrogen) atoms. The SMILES string of the molecule is Cl.Cl.NCCC(=O)NCC1CCCCN1C(=O)Cc1ccn[nH]1. The van der Waals surface area contributed by atoms with Gasteiger partial charge < -0.3 is 16.0 Å². The topological polar surface area (TPSA) is 104 Å². The third kappa shape index (κ3) is 6.76. The summed E-state index contributed by atoms with van der Waals surface area (Å²) < 4.78 is 0. The number of H-pyrrole nitrogens is 1. The summed E-state index contributed by atoms with van der Waals surface area (Å²) >= 11 is 0. The Hall–Kier alpha value is -1.31. The molecule has 2 amide bonds. The maximum Gasteiger partial charge on any atom is 0.228 e. The Kier molecular flexibility index (Phi) is 10.6. The molecule has 1 aliphatic rings. The van der Waals surface area contributed by atoms with Crippen LogP contribution in [-0.4, -0.2) is 52.6 Å². The van der Waals surface area contributed by atoms with Crippen molar-refractivity contribution < 1.29 is 9.59 Å². The van der Waals surface area contributed by atoms with Gasteiger partial charge in [0, 0.05) is 44.0 Å². The van der Waals surface area contributed by atoms with Gasteiger partial charge in [-0.25, -0.2) is 0 Å². The number of hydrogen-bond acceptors (Lipinski definition) is 4. The van der Waals surface area contributed by atoms with Crippen LogP contribution in [0.25, 0.3) is 0 Å². The monoisotopic (exact) mass is 365 g/mol. The molecule has 132 valence electrons. The molecule has 0 aliphatic carbocycles. The highest BCUT2D eigenvalue weighted by atomic mass is 35.5. The molecule has 0 spiro atoms. The lowest BCUT2D eigenvalue weighted by molar-refractivity contribution is -0.134. The van der Waals surface area contributed by atoms with Gasteiger partial charge in [0.05, 0.1) is 6.42 Å². The van der Waals surface area contributed by atoms with Crippen LogP contribution in [0, 0.1) is 0 Å². The standard InChI is InChI=1S/C14H23N5O2.2ClH/c15-6-4-13(20)16-10-12-3-1-2-8-19(12)14(21)9-11-5-7-17-18-11;;/h5,7,12H,1-4,6,8-10,15H2,(H,16,20)(H,17,18);2*1H. The average Bonchev–Trinajstić information content (AvgIpc) is 2.98. The smallest absolute Gasteiger partial charge is 0.228 e. The molecule has 1 atom stereocenters. The minimum Gasteiger partial charge on any atom is -0.354 e. The van der Waals surface area contributed by atoms with Gasteiger partial charge >= 0.3 is 0 Å². The van der Waals surface area contributed by atoms with E-state index in [0.29, 0.717) is 25.9 Å². The fourth-order valence-corrected chi connectivity index (χ4v) is 2.64.